The van der Waals surface area contributed by atoms with E-state index in [1.54, 1.807) is 0 Å². The fourth-order valence-electron chi connectivity index (χ4n) is 2.40. The molecule has 0 radical (unpaired) electrons. The molecular weight excluding hydrogens is 346 g/mol. The van der Waals surface area contributed by atoms with Crippen molar-refractivity contribution < 1.29 is 33.4 Å². The Morgan fingerprint density at radius 3 is 1.96 bits per heavy atom. The molecule has 2 amide bonds. The molecule has 0 aliphatic carbocycles. The summed E-state index contributed by atoms with van der Waals surface area (Å²) in [4.78, 5) is 48.6. The van der Waals surface area contributed by atoms with Gasteiger partial charge in [0.05, 0.1) is 26.4 Å². The van der Waals surface area contributed by atoms with E-state index in [0.717, 1.165) is 14.2 Å². The lowest BCUT2D eigenvalue weighted by atomic mass is 10.1. The zero-order chi connectivity index (χ0) is 19.4. The van der Waals surface area contributed by atoms with Crippen molar-refractivity contribution in [2.45, 2.75) is 0 Å². The molecule has 0 aromatic heterocycles. The molecule has 4 N–H and O–H groups in total. The second-order valence-electron chi connectivity index (χ2n) is 5.21. The van der Waals surface area contributed by atoms with E-state index >= 15 is 0 Å². The molecule has 26 heavy (non-hydrogen) atoms. The first-order valence-electron chi connectivity index (χ1n) is 7.29. The summed E-state index contributed by atoms with van der Waals surface area (Å²) in [5, 5.41) is 0. The molecule has 10 heteroatoms. The van der Waals surface area contributed by atoms with E-state index in [1.807, 2.05) is 0 Å². The summed E-state index contributed by atoms with van der Waals surface area (Å²) in [6.45, 7) is -0.322. The van der Waals surface area contributed by atoms with Gasteiger partial charge in [-0.15, -0.1) is 0 Å². The molecule has 0 saturated heterocycles. The van der Waals surface area contributed by atoms with Crippen molar-refractivity contribution in [1.82, 2.24) is 0 Å². The van der Waals surface area contributed by atoms with Crippen LogP contribution in [-0.2, 0) is 23.8 Å². The van der Waals surface area contributed by atoms with Gasteiger partial charge in [-0.1, -0.05) is 0 Å². The van der Waals surface area contributed by atoms with Crippen molar-refractivity contribution in [3.05, 3.63) is 40.6 Å². The summed E-state index contributed by atoms with van der Waals surface area (Å²) in [5.74, 6) is -3.21. The van der Waals surface area contributed by atoms with Gasteiger partial charge in [0.2, 0.25) is 11.8 Å². The van der Waals surface area contributed by atoms with Gasteiger partial charge in [-0.2, -0.15) is 0 Å². The molecule has 10 nitrogen and oxygen atoms in total. The van der Waals surface area contributed by atoms with Crippen molar-refractivity contribution in [1.29, 1.82) is 0 Å². The Balaban J connectivity index is 2.68. The average molecular weight is 363 g/mol. The SMILES string of the molecule is COC(=O)C1=C(C(=O)OC)N(c2cc(C(N)=O)cc(C(N)=O)c2)COC1. The number of carbonyl (C=O) groups is 4. The first-order chi connectivity index (χ1) is 12.3. The fraction of sp³-hybridized carbons (Fsp3) is 0.250. The minimum Gasteiger partial charge on any atom is -0.466 e. The van der Waals surface area contributed by atoms with Crippen LogP contribution in [-0.4, -0.2) is 51.3 Å². The average Bonchev–Trinajstić information content (AvgIpc) is 2.65. The number of carbonyl (C=O) groups excluding carboxylic acids is 4. The third kappa shape index (κ3) is 3.64. The highest BCUT2D eigenvalue weighted by Crippen LogP contribution is 2.28. The summed E-state index contributed by atoms with van der Waals surface area (Å²) >= 11 is 0. The number of anilines is 1. The highest BCUT2D eigenvalue weighted by molar-refractivity contribution is 6.05. The van der Waals surface area contributed by atoms with Crippen LogP contribution in [0.15, 0.2) is 29.5 Å². The number of benzene rings is 1. The highest BCUT2D eigenvalue weighted by Gasteiger charge is 2.33. The Morgan fingerprint density at radius 2 is 1.50 bits per heavy atom. The van der Waals surface area contributed by atoms with E-state index < -0.39 is 23.8 Å². The van der Waals surface area contributed by atoms with Gasteiger partial charge >= 0.3 is 11.9 Å². The van der Waals surface area contributed by atoms with E-state index in [9.17, 15) is 19.2 Å². The van der Waals surface area contributed by atoms with Crippen molar-refractivity contribution in [3.63, 3.8) is 0 Å². The van der Waals surface area contributed by atoms with Crippen LogP contribution in [0.5, 0.6) is 0 Å². The van der Waals surface area contributed by atoms with Crippen LogP contribution >= 0.6 is 0 Å². The summed E-state index contributed by atoms with van der Waals surface area (Å²) in [6.07, 6.45) is 0. The van der Waals surface area contributed by atoms with Gasteiger partial charge in [0.15, 0.2) is 0 Å². The normalized spacial score (nSPS) is 14.0. The Bertz CT molecular complexity index is 784. The van der Waals surface area contributed by atoms with E-state index in [1.165, 1.54) is 23.1 Å². The van der Waals surface area contributed by atoms with E-state index in [-0.39, 0.29) is 41.4 Å². The van der Waals surface area contributed by atoms with Gasteiger partial charge in [0, 0.05) is 16.8 Å². The van der Waals surface area contributed by atoms with Crippen LogP contribution in [0.3, 0.4) is 0 Å². The van der Waals surface area contributed by atoms with Crippen molar-refractivity contribution in [3.8, 4) is 0 Å². The van der Waals surface area contributed by atoms with Gasteiger partial charge in [-0.3, -0.25) is 9.59 Å². The maximum Gasteiger partial charge on any atom is 0.355 e. The number of hydrogen-bond acceptors (Lipinski definition) is 8. The minimum atomic E-state index is -0.821. The first kappa shape index (κ1) is 18.9. The fourth-order valence-corrected chi connectivity index (χ4v) is 2.40. The summed E-state index contributed by atoms with van der Waals surface area (Å²) in [5.41, 5.74) is 10.5. The van der Waals surface area contributed by atoms with Gasteiger partial charge in [-0.05, 0) is 18.2 Å². The number of amides is 2. The number of methoxy groups -OCH3 is 2. The quantitative estimate of drug-likeness (QED) is 0.650. The summed E-state index contributed by atoms with van der Waals surface area (Å²) in [7, 11) is 2.30. The number of hydrogen-bond donors (Lipinski definition) is 2. The number of rotatable bonds is 5. The maximum absolute atomic E-state index is 12.3. The molecule has 0 unspecified atom stereocenters. The van der Waals surface area contributed by atoms with E-state index in [4.69, 9.17) is 20.9 Å². The Labute approximate surface area is 148 Å². The monoisotopic (exact) mass is 363 g/mol. The molecule has 0 fully saturated rings. The van der Waals surface area contributed by atoms with Crippen LogP contribution in [0.4, 0.5) is 5.69 Å². The summed E-state index contributed by atoms with van der Waals surface area (Å²) < 4.78 is 14.7. The number of ether oxygens (including phenoxy) is 3. The smallest absolute Gasteiger partial charge is 0.355 e. The number of nitrogens with zero attached hydrogens (tertiary/aromatic N) is 1. The third-order valence-corrected chi connectivity index (χ3v) is 3.63. The van der Waals surface area contributed by atoms with Gasteiger partial charge in [-0.25, -0.2) is 9.59 Å². The topological polar surface area (TPSA) is 151 Å². The lowest BCUT2D eigenvalue weighted by Crippen LogP contribution is -2.39. The predicted octanol–water partition coefficient (Wildman–Crippen LogP) is -0.721. The number of nitrogens with two attached hydrogens (primary N) is 2. The molecule has 0 saturated carbocycles. The largest absolute Gasteiger partial charge is 0.466 e. The van der Waals surface area contributed by atoms with Crippen molar-refractivity contribution in [2.75, 3.05) is 32.5 Å². The van der Waals surface area contributed by atoms with Gasteiger partial charge in [0.1, 0.15) is 12.4 Å². The van der Waals surface area contributed by atoms with Crippen LogP contribution in [0, 0.1) is 0 Å². The van der Waals surface area contributed by atoms with Crippen LogP contribution in [0.2, 0.25) is 0 Å². The third-order valence-electron chi connectivity index (χ3n) is 3.63. The standard InChI is InChI=1S/C16H17N3O7/c1-24-15(22)11-6-26-7-19(12(11)16(23)25-2)10-4-8(13(17)20)3-9(5-10)14(18)21/h3-5H,6-7H2,1-2H3,(H2,17,20)(H2,18,21). The van der Waals surface area contributed by atoms with E-state index in [2.05, 4.69) is 4.74 Å². The zero-order valence-corrected chi connectivity index (χ0v) is 14.1. The van der Waals surface area contributed by atoms with Gasteiger partial charge < -0.3 is 30.6 Å². The van der Waals surface area contributed by atoms with Crippen molar-refractivity contribution >= 4 is 29.4 Å². The molecule has 138 valence electrons. The maximum atomic E-state index is 12.3. The number of primary amides is 2. The zero-order valence-electron chi connectivity index (χ0n) is 14.1. The first-order valence-corrected chi connectivity index (χ1v) is 7.29. The molecule has 1 aliphatic rings. The Kier molecular flexibility index (Phi) is 5.58. The molecule has 1 aromatic rings. The molecule has 2 rings (SSSR count). The molecule has 0 atom stereocenters. The Hall–Kier alpha value is -3.40. The summed E-state index contributed by atoms with van der Waals surface area (Å²) in [6, 6.07) is 3.89. The second kappa shape index (κ2) is 7.66. The van der Waals surface area contributed by atoms with Gasteiger partial charge in [0.25, 0.3) is 0 Å². The van der Waals surface area contributed by atoms with E-state index in [0.29, 0.717) is 0 Å². The minimum absolute atomic E-state index is 0.00860. The molecular formula is C16H17N3O7. The molecule has 0 spiro atoms. The Morgan fingerprint density at radius 1 is 0.962 bits per heavy atom. The molecule has 1 heterocycles. The van der Waals surface area contributed by atoms with Crippen LogP contribution in [0.25, 0.3) is 0 Å². The second-order valence-corrected chi connectivity index (χ2v) is 5.21. The molecule has 1 aliphatic heterocycles. The lowest BCUT2D eigenvalue weighted by molar-refractivity contribution is -0.140. The van der Waals surface area contributed by atoms with Crippen LogP contribution in [0.1, 0.15) is 20.7 Å². The lowest BCUT2D eigenvalue weighted by Gasteiger charge is -2.31. The molecule has 1 aromatic carbocycles. The molecule has 0 bridgehead atoms. The number of esters is 2. The van der Waals surface area contributed by atoms with Crippen LogP contribution < -0.4 is 16.4 Å². The van der Waals surface area contributed by atoms with Crippen molar-refractivity contribution in [2.24, 2.45) is 11.5 Å². The highest BCUT2D eigenvalue weighted by atomic mass is 16.5. The predicted molar refractivity (Wildman–Crippen MR) is 87.8 cm³/mol.